The van der Waals surface area contributed by atoms with E-state index in [2.05, 4.69) is 10.2 Å². The Balaban J connectivity index is 0.00000147. The van der Waals surface area contributed by atoms with E-state index in [1.807, 2.05) is 0 Å². The number of ether oxygens (including phenoxy) is 1. The summed E-state index contributed by atoms with van der Waals surface area (Å²) >= 11 is 0. The molecule has 2 aliphatic heterocycles. The number of amides is 1. The van der Waals surface area contributed by atoms with Crippen LogP contribution < -0.4 is 5.32 Å². The summed E-state index contributed by atoms with van der Waals surface area (Å²) in [4.78, 5) is 14.7. The number of methoxy groups -OCH3 is 1. The molecule has 0 aromatic heterocycles. The summed E-state index contributed by atoms with van der Waals surface area (Å²) in [5.74, 6) is 1.44. The molecule has 4 nitrogen and oxygen atoms in total. The van der Waals surface area contributed by atoms with Crippen molar-refractivity contribution in [2.45, 2.75) is 32.1 Å². The van der Waals surface area contributed by atoms with Gasteiger partial charge in [0, 0.05) is 32.7 Å². The van der Waals surface area contributed by atoms with Crippen molar-refractivity contribution in [3.8, 4) is 0 Å². The van der Waals surface area contributed by atoms with E-state index < -0.39 is 0 Å². The zero-order valence-corrected chi connectivity index (χ0v) is 13.2. The number of piperidine rings is 2. The van der Waals surface area contributed by atoms with Crippen LogP contribution in [0.25, 0.3) is 0 Å². The van der Waals surface area contributed by atoms with Crippen LogP contribution >= 0.6 is 12.4 Å². The molecule has 0 radical (unpaired) electrons. The van der Waals surface area contributed by atoms with Crippen LogP contribution in [0, 0.1) is 17.3 Å². The van der Waals surface area contributed by atoms with Crippen LogP contribution in [0.4, 0.5) is 0 Å². The molecular formula is C15H27ClN2O2. The van der Waals surface area contributed by atoms with Gasteiger partial charge in [-0.25, -0.2) is 0 Å². The molecule has 1 aliphatic carbocycles. The van der Waals surface area contributed by atoms with Crippen molar-refractivity contribution >= 4 is 18.3 Å². The summed E-state index contributed by atoms with van der Waals surface area (Å²) in [6, 6.07) is 0. The molecule has 1 saturated carbocycles. The molecule has 5 heteroatoms. The summed E-state index contributed by atoms with van der Waals surface area (Å²) in [5.41, 5.74) is 0.381. The second kappa shape index (κ2) is 6.63. The Morgan fingerprint density at radius 1 is 1.30 bits per heavy atom. The average Bonchev–Trinajstić information content (AvgIpc) is 3.13. The summed E-state index contributed by atoms with van der Waals surface area (Å²) in [6.45, 7) is 4.93. The lowest BCUT2D eigenvalue weighted by molar-refractivity contribution is -0.135. The molecule has 1 amide bonds. The third-order valence-corrected chi connectivity index (χ3v) is 5.42. The largest absolute Gasteiger partial charge is 0.384 e. The van der Waals surface area contributed by atoms with Crippen molar-refractivity contribution in [3.63, 3.8) is 0 Å². The minimum atomic E-state index is 0. The van der Waals surface area contributed by atoms with E-state index in [4.69, 9.17) is 4.74 Å². The number of halogens is 1. The van der Waals surface area contributed by atoms with Crippen LogP contribution in [0.3, 0.4) is 0 Å². The number of hydrogen-bond donors (Lipinski definition) is 1. The number of rotatable bonds is 3. The Morgan fingerprint density at radius 3 is 2.55 bits per heavy atom. The Labute approximate surface area is 128 Å². The molecule has 3 aliphatic rings. The van der Waals surface area contributed by atoms with Crippen molar-refractivity contribution in [2.75, 3.05) is 39.9 Å². The first-order valence-electron chi connectivity index (χ1n) is 7.74. The first-order valence-corrected chi connectivity index (χ1v) is 7.74. The summed E-state index contributed by atoms with van der Waals surface area (Å²) in [5, 5.41) is 3.40. The maximum Gasteiger partial charge on any atom is 0.226 e. The minimum absolute atomic E-state index is 0. The average molecular weight is 303 g/mol. The van der Waals surface area contributed by atoms with Gasteiger partial charge in [0.15, 0.2) is 0 Å². The lowest BCUT2D eigenvalue weighted by Gasteiger charge is -2.33. The number of likely N-dealkylation sites (tertiary alicyclic amines) is 1. The van der Waals surface area contributed by atoms with Crippen molar-refractivity contribution in [3.05, 3.63) is 0 Å². The lowest BCUT2D eigenvalue weighted by atomic mass is 9.91. The van der Waals surface area contributed by atoms with Gasteiger partial charge in [-0.05, 0) is 56.5 Å². The number of carbonyl (C=O) groups is 1. The first-order chi connectivity index (χ1) is 9.25. The summed E-state index contributed by atoms with van der Waals surface area (Å²) in [6.07, 6.45) is 5.76. The first kappa shape index (κ1) is 16.1. The molecule has 0 bridgehead atoms. The molecule has 1 spiro atoms. The van der Waals surface area contributed by atoms with Gasteiger partial charge in [0.2, 0.25) is 5.91 Å². The van der Waals surface area contributed by atoms with Crippen LogP contribution in [0.2, 0.25) is 0 Å². The van der Waals surface area contributed by atoms with Gasteiger partial charge in [-0.1, -0.05) is 0 Å². The second-order valence-corrected chi connectivity index (χ2v) is 6.59. The van der Waals surface area contributed by atoms with Crippen LogP contribution in [0.5, 0.6) is 0 Å². The molecule has 3 fully saturated rings. The smallest absolute Gasteiger partial charge is 0.226 e. The van der Waals surface area contributed by atoms with Crippen molar-refractivity contribution < 1.29 is 9.53 Å². The Bertz CT molecular complexity index is 337. The van der Waals surface area contributed by atoms with E-state index in [1.54, 1.807) is 7.11 Å². The zero-order valence-electron chi connectivity index (χ0n) is 12.4. The van der Waals surface area contributed by atoms with E-state index in [-0.39, 0.29) is 12.4 Å². The molecule has 2 heterocycles. The van der Waals surface area contributed by atoms with E-state index in [0.717, 1.165) is 52.0 Å². The second-order valence-electron chi connectivity index (χ2n) is 6.59. The Kier molecular flexibility index (Phi) is 5.32. The number of nitrogens with one attached hydrogen (secondary N) is 1. The van der Waals surface area contributed by atoms with Gasteiger partial charge in [0.25, 0.3) is 0 Å². The predicted molar refractivity (Wildman–Crippen MR) is 81.1 cm³/mol. The maximum absolute atomic E-state index is 12.6. The fraction of sp³-hybridized carbons (Fsp3) is 0.933. The minimum Gasteiger partial charge on any atom is -0.384 e. The van der Waals surface area contributed by atoms with Crippen molar-refractivity contribution in [1.82, 2.24) is 10.2 Å². The Morgan fingerprint density at radius 2 is 1.95 bits per heavy atom. The van der Waals surface area contributed by atoms with Gasteiger partial charge < -0.3 is 15.0 Å². The van der Waals surface area contributed by atoms with Crippen LogP contribution in [-0.4, -0.2) is 50.7 Å². The molecule has 1 N–H and O–H groups in total. The third kappa shape index (κ3) is 3.12. The van der Waals surface area contributed by atoms with Gasteiger partial charge in [0.1, 0.15) is 0 Å². The standard InChI is InChI=1S/C15H26N2O2.ClH/c1-19-11-12-2-8-17(9-3-12)14(18)13-10-15(13)4-6-16-7-5-15;/h12-13,16H,2-11H2,1H3;1H. The molecule has 0 aromatic carbocycles. The molecule has 1 unspecified atom stereocenters. The highest BCUT2D eigenvalue weighted by Gasteiger charge is 2.58. The quantitative estimate of drug-likeness (QED) is 0.862. The van der Waals surface area contributed by atoms with Gasteiger partial charge in [-0.3, -0.25) is 4.79 Å². The fourth-order valence-corrected chi connectivity index (χ4v) is 3.95. The monoisotopic (exact) mass is 302 g/mol. The normalized spacial score (nSPS) is 29.1. The Hall–Kier alpha value is -0.320. The highest BCUT2D eigenvalue weighted by molar-refractivity contribution is 5.85. The van der Waals surface area contributed by atoms with Crippen LogP contribution in [0.15, 0.2) is 0 Å². The zero-order chi connectivity index (χ0) is 13.3. The number of nitrogens with zero attached hydrogens (tertiary/aromatic N) is 1. The summed E-state index contributed by atoms with van der Waals surface area (Å²) in [7, 11) is 1.77. The van der Waals surface area contributed by atoms with Gasteiger partial charge in [0.05, 0.1) is 0 Å². The molecule has 20 heavy (non-hydrogen) atoms. The maximum atomic E-state index is 12.6. The summed E-state index contributed by atoms with van der Waals surface area (Å²) < 4.78 is 5.22. The van der Waals surface area contributed by atoms with E-state index in [0.29, 0.717) is 23.2 Å². The molecule has 2 saturated heterocycles. The third-order valence-electron chi connectivity index (χ3n) is 5.42. The van der Waals surface area contributed by atoms with E-state index >= 15 is 0 Å². The highest BCUT2D eigenvalue weighted by atomic mass is 35.5. The molecule has 1 atom stereocenters. The predicted octanol–water partition coefficient (Wildman–Crippen LogP) is 1.68. The van der Waals surface area contributed by atoms with E-state index in [9.17, 15) is 4.79 Å². The van der Waals surface area contributed by atoms with Gasteiger partial charge in [-0.15, -0.1) is 12.4 Å². The van der Waals surface area contributed by atoms with E-state index in [1.165, 1.54) is 12.8 Å². The number of carbonyl (C=O) groups excluding carboxylic acids is 1. The molecular weight excluding hydrogens is 276 g/mol. The van der Waals surface area contributed by atoms with Gasteiger partial charge in [-0.2, -0.15) is 0 Å². The number of hydrogen-bond acceptors (Lipinski definition) is 3. The molecule has 3 rings (SSSR count). The molecule has 0 aromatic rings. The SMILES string of the molecule is COCC1CCN(C(=O)C2CC23CCNCC3)CC1.Cl. The fourth-order valence-electron chi connectivity index (χ4n) is 3.95. The van der Waals surface area contributed by atoms with Gasteiger partial charge >= 0.3 is 0 Å². The lowest BCUT2D eigenvalue weighted by Crippen LogP contribution is -2.41. The van der Waals surface area contributed by atoms with Crippen molar-refractivity contribution in [2.24, 2.45) is 17.3 Å². The van der Waals surface area contributed by atoms with Crippen molar-refractivity contribution in [1.29, 1.82) is 0 Å². The topological polar surface area (TPSA) is 41.6 Å². The van der Waals surface area contributed by atoms with Crippen LogP contribution in [0.1, 0.15) is 32.1 Å². The van der Waals surface area contributed by atoms with Crippen LogP contribution in [-0.2, 0) is 9.53 Å². The molecule has 116 valence electrons. The highest BCUT2D eigenvalue weighted by Crippen LogP contribution is 2.59.